The van der Waals surface area contributed by atoms with Gasteiger partial charge >= 0.3 is 36.2 Å². The van der Waals surface area contributed by atoms with Crippen molar-refractivity contribution in [3.8, 4) is 0 Å². The second-order valence-corrected chi connectivity index (χ2v) is 34.5. The van der Waals surface area contributed by atoms with Crippen LogP contribution in [0.25, 0.3) is 0 Å². The molecule has 14 rings (SSSR count). The minimum atomic E-state index is -0.654. The van der Waals surface area contributed by atoms with Crippen molar-refractivity contribution in [2.45, 2.75) is 185 Å². The molecule has 7 aliphatic rings. The van der Waals surface area contributed by atoms with Crippen LogP contribution < -0.4 is 63.8 Å². The van der Waals surface area contributed by atoms with Crippen molar-refractivity contribution in [3.05, 3.63) is 245 Å². The molecule has 6 aliphatic heterocycles. The zero-order valence-electron chi connectivity index (χ0n) is 76.1. The van der Waals surface area contributed by atoms with Crippen LogP contribution in [0.4, 0.5) is 28.8 Å². The lowest BCUT2D eigenvalue weighted by atomic mass is 9.95. The predicted octanol–water partition coefficient (Wildman–Crippen LogP) is 11.1. The van der Waals surface area contributed by atoms with Crippen LogP contribution in [0.2, 0.25) is 0 Å². The lowest BCUT2D eigenvalue weighted by Gasteiger charge is -2.35. The Balaban J connectivity index is 0.000000177. The van der Waals surface area contributed by atoms with E-state index in [-0.39, 0.29) is 95.8 Å². The van der Waals surface area contributed by atoms with Gasteiger partial charge in [0.15, 0.2) is 6.04 Å². The zero-order chi connectivity index (χ0) is 93.2. The van der Waals surface area contributed by atoms with Gasteiger partial charge in [-0.3, -0.25) is 33.8 Å². The quantitative estimate of drug-likeness (QED) is 0.0176. The average molecular weight is 1830 g/mol. The number of pyridine rings is 1. The van der Waals surface area contributed by atoms with Crippen LogP contribution in [0.15, 0.2) is 206 Å². The van der Waals surface area contributed by atoms with E-state index in [1.54, 1.807) is 59.1 Å². The Morgan fingerprint density at radius 1 is 0.328 bits per heavy atom. The standard InChI is InChI=1S/C19H21N3O2.C17H24N4O2.C16H23N3O2S.C16H23N3O2.C15H21N3O2S.C15H21N3O2/c23-18(21-14-15-8-3-1-4-9-15)17(16-10-5-2-6-11-16)22-13-7-12-20-19(22)24;22-16(20-13-7-2-1-3-8-13)15(14-9-4-5-10-18-14)21-12-6-11-19-17(21)23;1-22-11-8-14(19-10-5-9-17-16(19)21)15(20)18-12-13-6-3-2-4-7-13;1-2-7-14(19-11-6-10-17-16(19)21)15(20)18-12-13-8-4-3-5-9-13;1-21-10-7-13(18-9-8-16-15(18)20)14(19)17-11-12-5-3-2-4-6-12;1-2-6-13(18-10-9-16-15(18)20)14(19)17-11-12-7-4-3-5-8-12/h1-6,8-11,17H,7,12-14H2,(H,20,24)(H,21,23);4-5,9-10,13,15H,1-3,6-8,11-12H2,(H,19,23)(H,20,22);2-4,6-7,14H,5,8-12H2,1H3,(H,17,21)(H,18,20);3-5,8-9,14H,2,6-7,10-12H2,1H3,(H,17,21)(H,18,20);2-6,13H,7-11H2,1H3,(H,16,20)(H,17,19);3-5,7-8,13H,2,6,9-11H2,1H3,(H,16,20)(H,17,19). The Morgan fingerprint density at radius 2 is 0.618 bits per heavy atom. The van der Waals surface area contributed by atoms with E-state index in [2.05, 4.69) is 68.8 Å². The first-order chi connectivity index (χ1) is 63.9. The molecule has 0 bridgehead atoms. The van der Waals surface area contributed by atoms with Crippen molar-refractivity contribution in [1.82, 2.24) is 98.2 Å². The molecule has 12 N–H and O–H groups in total. The first-order valence-electron chi connectivity index (χ1n) is 46.0. The summed E-state index contributed by atoms with van der Waals surface area (Å²) in [5.74, 6) is 1.13. The fourth-order valence-electron chi connectivity index (χ4n) is 16.1. The van der Waals surface area contributed by atoms with Crippen LogP contribution in [0.1, 0.15) is 161 Å². The minimum Gasteiger partial charge on any atom is -0.351 e. The molecule has 33 heteroatoms. The maximum absolute atomic E-state index is 12.9. The SMILES string of the molecule is CCCC(C(=O)NCc1ccccc1)N1CCCNC1=O.CCCC(C(=O)NCc1ccccc1)N1CCNC1=O.CSCCC(C(=O)NCc1ccccc1)N1CCCNC1=O.CSCCC(C(=O)NCc1ccccc1)N1CCNC1=O.O=C(NC1CCCCC1)C(c1ccccn1)N1CCCNC1=O.O=C(NCc1ccccc1)C(c1ccccc1)N1CCCNC1=O. The van der Waals surface area contributed by atoms with Gasteiger partial charge in [-0.2, -0.15) is 23.5 Å². The molecule has 1 aromatic heterocycles. The fourth-order valence-corrected chi connectivity index (χ4v) is 17.0. The first kappa shape index (κ1) is 102. The molecule has 1 aliphatic carbocycles. The number of nitrogens with one attached hydrogen (secondary N) is 12. The normalized spacial score (nSPS) is 16.7. The number of hydrogen-bond acceptors (Lipinski definition) is 15. The van der Waals surface area contributed by atoms with Crippen LogP contribution >= 0.6 is 23.5 Å². The van der Waals surface area contributed by atoms with Gasteiger partial charge in [0, 0.05) is 123 Å². The molecule has 0 radical (unpaired) electrons. The van der Waals surface area contributed by atoms with E-state index in [9.17, 15) is 57.5 Å². The molecule has 6 aromatic carbocycles. The number of urea groups is 6. The minimum absolute atomic E-state index is 0.0715. The first-order valence-corrected chi connectivity index (χ1v) is 48.8. The number of thioether (sulfide) groups is 2. The number of carbonyl (C=O) groups excluding carboxylic acids is 12. The summed E-state index contributed by atoms with van der Waals surface area (Å²) in [6, 6.07) is 60.3. The van der Waals surface area contributed by atoms with E-state index >= 15 is 0 Å². The Bertz CT molecular complexity index is 4590. The van der Waals surface area contributed by atoms with E-state index in [1.165, 1.54) is 6.42 Å². The van der Waals surface area contributed by atoms with Crippen molar-refractivity contribution in [2.75, 3.05) is 103 Å². The highest BCUT2D eigenvalue weighted by Gasteiger charge is 2.39. The molecule has 31 nitrogen and oxygen atoms in total. The third-order valence-corrected chi connectivity index (χ3v) is 24.3. The molecule has 131 heavy (non-hydrogen) atoms. The van der Waals surface area contributed by atoms with Crippen molar-refractivity contribution in [2.24, 2.45) is 0 Å². The van der Waals surface area contributed by atoms with Crippen LogP contribution in [0.3, 0.4) is 0 Å². The molecule has 704 valence electrons. The highest BCUT2D eigenvalue weighted by Crippen LogP contribution is 2.27. The second kappa shape index (κ2) is 57.6. The van der Waals surface area contributed by atoms with Gasteiger partial charge in [0.25, 0.3) is 0 Å². The molecule has 7 fully saturated rings. The summed E-state index contributed by atoms with van der Waals surface area (Å²) in [6.45, 7) is 14.0. The van der Waals surface area contributed by atoms with Crippen LogP contribution in [-0.4, -0.2) is 239 Å². The molecule has 1 saturated carbocycles. The number of benzene rings is 6. The highest BCUT2D eigenvalue weighted by atomic mass is 32.2. The van der Waals surface area contributed by atoms with Crippen molar-refractivity contribution in [1.29, 1.82) is 0 Å². The summed E-state index contributed by atoms with van der Waals surface area (Å²) in [6.07, 6.45) is 19.2. The van der Waals surface area contributed by atoms with E-state index in [0.29, 0.717) is 143 Å². The number of hydrogen-bond donors (Lipinski definition) is 12. The maximum atomic E-state index is 12.9. The second-order valence-electron chi connectivity index (χ2n) is 32.5. The number of nitrogens with zero attached hydrogens (tertiary/aromatic N) is 7. The Kier molecular flexibility index (Phi) is 45.0. The van der Waals surface area contributed by atoms with Gasteiger partial charge in [0.2, 0.25) is 35.4 Å². The largest absolute Gasteiger partial charge is 0.351 e. The molecular weight excluding hydrogens is 1700 g/mol. The highest BCUT2D eigenvalue weighted by molar-refractivity contribution is 7.98. The van der Waals surface area contributed by atoms with Crippen LogP contribution in [0, 0.1) is 0 Å². The fraction of sp³-hybridized carbons (Fsp3) is 0.459. The Morgan fingerprint density at radius 3 is 0.924 bits per heavy atom. The maximum Gasteiger partial charge on any atom is 0.318 e. The molecule has 7 aromatic rings. The zero-order valence-corrected chi connectivity index (χ0v) is 77.7. The van der Waals surface area contributed by atoms with E-state index in [1.807, 2.05) is 227 Å². The summed E-state index contributed by atoms with van der Waals surface area (Å²) in [5.41, 5.74) is 6.70. The van der Waals surface area contributed by atoms with Gasteiger partial charge in [-0.25, -0.2) is 28.8 Å². The molecule has 18 amide bonds. The predicted molar refractivity (Wildman–Crippen MR) is 513 cm³/mol. The molecular formula is C98H133N19O12S2. The topological polar surface area (TPSA) is 382 Å². The molecule has 6 unspecified atom stereocenters. The van der Waals surface area contributed by atoms with Gasteiger partial charge in [-0.05, 0) is 134 Å². The van der Waals surface area contributed by atoms with Gasteiger partial charge in [0.05, 0.1) is 5.69 Å². The van der Waals surface area contributed by atoms with E-state index in [4.69, 9.17) is 0 Å². The van der Waals surface area contributed by atoms with Crippen molar-refractivity contribution < 1.29 is 57.5 Å². The Labute approximate surface area is 779 Å². The smallest absolute Gasteiger partial charge is 0.318 e. The third-order valence-electron chi connectivity index (χ3n) is 23.0. The van der Waals surface area contributed by atoms with Crippen molar-refractivity contribution in [3.63, 3.8) is 0 Å². The monoisotopic (exact) mass is 1830 g/mol. The summed E-state index contributed by atoms with van der Waals surface area (Å²) < 4.78 is 0. The molecule has 7 heterocycles. The Hall–Kier alpha value is -12.4. The van der Waals surface area contributed by atoms with Crippen LogP contribution in [0.5, 0.6) is 0 Å². The summed E-state index contributed by atoms with van der Waals surface area (Å²) in [5, 5.41) is 34.6. The third kappa shape index (κ3) is 34.1. The summed E-state index contributed by atoms with van der Waals surface area (Å²) in [4.78, 5) is 161. The average Bonchev–Trinajstić information content (AvgIpc) is 1.80. The van der Waals surface area contributed by atoms with Gasteiger partial charge in [-0.15, -0.1) is 0 Å². The number of rotatable bonds is 35. The molecule has 6 saturated heterocycles. The van der Waals surface area contributed by atoms with Crippen LogP contribution in [-0.2, 0) is 61.5 Å². The van der Waals surface area contributed by atoms with Gasteiger partial charge < -0.3 is 93.2 Å². The number of aromatic nitrogens is 1. The summed E-state index contributed by atoms with van der Waals surface area (Å²) >= 11 is 3.37. The lowest BCUT2D eigenvalue weighted by molar-refractivity contribution is -0.127. The number of carbonyl (C=O) groups is 12. The molecule has 0 spiro atoms. The van der Waals surface area contributed by atoms with E-state index in [0.717, 1.165) is 109 Å². The molecule has 6 atom stereocenters. The number of amides is 18. The van der Waals surface area contributed by atoms with E-state index < -0.39 is 18.1 Å². The van der Waals surface area contributed by atoms with Gasteiger partial charge in [-0.1, -0.05) is 234 Å². The van der Waals surface area contributed by atoms with Gasteiger partial charge in [0.1, 0.15) is 30.2 Å². The lowest BCUT2D eigenvalue weighted by Crippen LogP contribution is -2.56. The van der Waals surface area contributed by atoms with Crippen molar-refractivity contribution >= 4 is 95.2 Å². The summed E-state index contributed by atoms with van der Waals surface area (Å²) in [7, 11) is 0.